The average molecular weight is 517 g/mol. The van der Waals surface area contributed by atoms with Gasteiger partial charge in [-0.15, -0.1) is 0 Å². The van der Waals surface area contributed by atoms with Gasteiger partial charge < -0.3 is 20.3 Å². The lowest BCUT2D eigenvalue weighted by Gasteiger charge is -2.27. The van der Waals surface area contributed by atoms with Crippen molar-refractivity contribution >= 4 is 17.0 Å². The quantitative estimate of drug-likeness (QED) is 0.421. The SMILES string of the molecule is C[C@@H](CC(F)(F)F)Nc1ncc2c(-c3ccc(CN4CCNCC4)cc3)cn([C@H]3CC[C@H](O)CC3)c2n1. The molecule has 1 atom stereocenters. The van der Waals surface area contributed by atoms with E-state index < -0.39 is 18.6 Å². The van der Waals surface area contributed by atoms with Gasteiger partial charge in [-0.2, -0.15) is 18.2 Å². The highest BCUT2D eigenvalue weighted by Gasteiger charge is 2.30. The van der Waals surface area contributed by atoms with Gasteiger partial charge in [0.2, 0.25) is 5.95 Å². The van der Waals surface area contributed by atoms with Crippen LogP contribution in [-0.4, -0.2) is 69.0 Å². The Bertz CT molecular complexity index is 1180. The number of nitrogens with one attached hydrogen (secondary N) is 2. The van der Waals surface area contributed by atoms with Crippen molar-refractivity contribution in [2.75, 3.05) is 31.5 Å². The number of aliphatic hydroxyl groups excluding tert-OH is 1. The number of rotatable bonds is 7. The van der Waals surface area contributed by atoms with Gasteiger partial charge in [-0.1, -0.05) is 24.3 Å². The zero-order valence-electron chi connectivity index (χ0n) is 21.1. The molecule has 37 heavy (non-hydrogen) atoms. The Morgan fingerprint density at radius 3 is 2.49 bits per heavy atom. The second-order valence-electron chi connectivity index (χ2n) is 10.4. The first-order valence-electron chi connectivity index (χ1n) is 13.2. The minimum absolute atomic E-state index is 0.169. The molecule has 200 valence electrons. The molecule has 10 heteroatoms. The first kappa shape index (κ1) is 25.9. The molecule has 1 aliphatic heterocycles. The topological polar surface area (TPSA) is 78.2 Å². The number of aliphatic hydroxyl groups is 1. The van der Waals surface area contributed by atoms with Gasteiger partial charge in [-0.25, -0.2) is 4.98 Å². The molecule has 5 rings (SSSR count). The third-order valence-corrected chi connectivity index (χ3v) is 7.43. The first-order chi connectivity index (χ1) is 17.7. The molecule has 2 aliphatic rings. The number of fused-ring (bicyclic) bond motifs is 1. The molecule has 2 fully saturated rings. The van der Waals surface area contributed by atoms with E-state index in [0.29, 0.717) is 5.65 Å². The van der Waals surface area contributed by atoms with Crippen LogP contribution in [0.2, 0.25) is 0 Å². The summed E-state index contributed by atoms with van der Waals surface area (Å²) in [5, 5.41) is 17.1. The van der Waals surface area contributed by atoms with Crippen LogP contribution in [0.1, 0.15) is 50.6 Å². The Morgan fingerprint density at radius 1 is 1.11 bits per heavy atom. The fourth-order valence-corrected chi connectivity index (χ4v) is 5.48. The van der Waals surface area contributed by atoms with Gasteiger partial charge in [0, 0.05) is 68.2 Å². The first-order valence-corrected chi connectivity index (χ1v) is 13.2. The van der Waals surface area contributed by atoms with E-state index in [9.17, 15) is 18.3 Å². The van der Waals surface area contributed by atoms with Crippen molar-refractivity contribution in [2.45, 2.75) is 69.9 Å². The maximum atomic E-state index is 12.8. The van der Waals surface area contributed by atoms with Gasteiger partial charge >= 0.3 is 6.18 Å². The minimum Gasteiger partial charge on any atom is -0.393 e. The third kappa shape index (κ3) is 6.42. The third-order valence-electron chi connectivity index (χ3n) is 7.43. The van der Waals surface area contributed by atoms with Crippen LogP contribution in [0.5, 0.6) is 0 Å². The van der Waals surface area contributed by atoms with Crippen LogP contribution in [0.15, 0.2) is 36.7 Å². The van der Waals surface area contributed by atoms with Gasteiger partial charge in [0.15, 0.2) is 0 Å². The Balaban J connectivity index is 1.44. The van der Waals surface area contributed by atoms with Crippen LogP contribution in [0.25, 0.3) is 22.2 Å². The maximum Gasteiger partial charge on any atom is 0.391 e. The summed E-state index contributed by atoms with van der Waals surface area (Å²) in [4.78, 5) is 11.5. The molecular formula is C27H35F3N6O. The summed E-state index contributed by atoms with van der Waals surface area (Å²) in [5.41, 5.74) is 4.03. The van der Waals surface area contributed by atoms with Gasteiger partial charge in [0.25, 0.3) is 0 Å². The Kier molecular flexibility index (Phi) is 7.69. The molecular weight excluding hydrogens is 481 g/mol. The van der Waals surface area contributed by atoms with Crippen LogP contribution in [0.4, 0.5) is 19.1 Å². The van der Waals surface area contributed by atoms with E-state index in [2.05, 4.69) is 60.5 Å². The van der Waals surface area contributed by atoms with Gasteiger partial charge in [-0.05, 0) is 43.7 Å². The zero-order chi connectivity index (χ0) is 26.0. The molecule has 7 nitrogen and oxygen atoms in total. The fourth-order valence-electron chi connectivity index (χ4n) is 5.48. The largest absolute Gasteiger partial charge is 0.393 e. The van der Waals surface area contributed by atoms with E-state index in [1.54, 1.807) is 6.20 Å². The summed E-state index contributed by atoms with van der Waals surface area (Å²) in [6.07, 6.45) is 1.40. The maximum absolute atomic E-state index is 12.8. The number of hydrogen-bond donors (Lipinski definition) is 3. The van der Waals surface area contributed by atoms with Crippen LogP contribution < -0.4 is 10.6 Å². The predicted octanol–water partition coefficient (Wildman–Crippen LogP) is 4.73. The monoisotopic (exact) mass is 516 g/mol. The van der Waals surface area contributed by atoms with Crippen molar-refractivity contribution in [3.05, 3.63) is 42.2 Å². The van der Waals surface area contributed by atoms with Crippen LogP contribution >= 0.6 is 0 Å². The molecule has 2 aromatic heterocycles. The number of hydrogen-bond acceptors (Lipinski definition) is 6. The van der Waals surface area contributed by atoms with Crippen molar-refractivity contribution < 1.29 is 18.3 Å². The van der Waals surface area contributed by atoms with Crippen LogP contribution in [-0.2, 0) is 6.54 Å². The van der Waals surface area contributed by atoms with Gasteiger partial charge in [0.05, 0.1) is 12.5 Å². The smallest absolute Gasteiger partial charge is 0.391 e. The normalized spacial score (nSPS) is 22.3. The highest BCUT2D eigenvalue weighted by Crippen LogP contribution is 2.37. The molecule has 3 N–H and O–H groups in total. The van der Waals surface area contributed by atoms with Crippen molar-refractivity contribution in [2.24, 2.45) is 0 Å². The summed E-state index contributed by atoms with van der Waals surface area (Å²) in [5.74, 6) is 0.192. The minimum atomic E-state index is -4.26. The molecule has 0 radical (unpaired) electrons. The highest BCUT2D eigenvalue weighted by atomic mass is 19.4. The zero-order valence-corrected chi connectivity index (χ0v) is 21.1. The van der Waals surface area contributed by atoms with E-state index in [-0.39, 0.29) is 18.1 Å². The average Bonchev–Trinajstić information content (AvgIpc) is 3.23. The second-order valence-corrected chi connectivity index (χ2v) is 10.4. The summed E-state index contributed by atoms with van der Waals surface area (Å²) < 4.78 is 40.7. The molecule has 0 unspecified atom stereocenters. The highest BCUT2D eigenvalue weighted by molar-refractivity contribution is 5.94. The Hall–Kier alpha value is -2.69. The molecule has 0 amide bonds. The summed E-state index contributed by atoms with van der Waals surface area (Å²) >= 11 is 0. The fraction of sp³-hybridized carbons (Fsp3) is 0.556. The molecule has 3 aromatic rings. The lowest BCUT2D eigenvalue weighted by molar-refractivity contribution is -0.136. The lowest BCUT2D eigenvalue weighted by atomic mass is 9.93. The number of aromatic nitrogens is 3. The number of nitrogens with zero attached hydrogens (tertiary/aromatic N) is 4. The van der Waals surface area contributed by atoms with E-state index in [1.807, 2.05) is 0 Å². The number of benzene rings is 1. The molecule has 3 heterocycles. The Morgan fingerprint density at radius 2 is 1.81 bits per heavy atom. The van der Waals surface area contributed by atoms with E-state index in [1.165, 1.54) is 12.5 Å². The second kappa shape index (κ2) is 11.0. The van der Waals surface area contributed by atoms with Crippen LogP contribution in [0.3, 0.4) is 0 Å². The van der Waals surface area contributed by atoms with Crippen molar-refractivity contribution in [3.63, 3.8) is 0 Å². The summed E-state index contributed by atoms with van der Waals surface area (Å²) in [6.45, 7) is 6.52. The molecule has 1 saturated heterocycles. The number of piperazine rings is 1. The van der Waals surface area contributed by atoms with Gasteiger partial charge in [-0.3, -0.25) is 4.90 Å². The molecule has 1 aromatic carbocycles. The van der Waals surface area contributed by atoms with E-state index in [4.69, 9.17) is 0 Å². The van der Waals surface area contributed by atoms with Crippen molar-refractivity contribution in [1.29, 1.82) is 0 Å². The van der Waals surface area contributed by atoms with Crippen LogP contribution in [0, 0.1) is 0 Å². The summed E-state index contributed by atoms with van der Waals surface area (Å²) in [7, 11) is 0. The number of anilines is 1. The molecule has 1 saturated carbocycles. The predicted molar refractivity (Wildman–Crippen MR) is 138 cm³/mol. The van der Waals surface area contributed by atoms with Crippen molar-refractivity contribution in [3.8, 4) is 11.1 Å². The van der Waals surface area contributed by atoms with E-state index >= 15 is 0 Å². The lowest BCUT2D eigenvalue weighted by Crippen LogP contribution is -2.42. The Labute approximate surface area is 215 Å². The molecule has 0 bridgehead atoms. The van der Waals surface area contributed by atoms with E-state index in [0.717, 1.165) is 74.9 Å². The molecule has 1 aliphatic carbocycles. The number of alkyl halides is 3. The number of halogens is 3. The standard InChI is InChI=1S/C27H35F3N6O/c1-18(14-27(28,29)30)33-26-32-15-23-24(17-36(25(23)34-26)21-6-8-22(37)9-7-21)20-4-2-19(3-5-20)16-35-12-10-31-11-13-35/h2-5,15,17-18,21-22,31,37H,6-14,16H2,1H3,(H,32,33,34)/t18-,21-,22-/m0/s1. The summed E-state index contributed by atoms with van der Waals surface area (Å²) in [6, 6.07) is 7.90. The van der Waals surface area contributed by atoms with Crippen molar-refractivity contribution in [1.82, 2.24) is 24.8 Å². The van der Waals surface area contributed by atoms with Gasteiger partial charge in [0.1, 0.15) is 5.65 Å². The molecule has 0 spiro atoms.